The molecule has 1 aliphatic heterocycles. The van der Waals surface area contributed by atoms with E-state index in [1.54, 1.807) is 30.3 Å². The normalized spacial score (nSPS) is 15.2. The number of hydrogen-bond donors (Lipinski definition) is 1. The van der Waals surface area contributed by atoms with E-state index in [1.807, 2.05) is 6.07 Å². The maximum absolute atomic E-state index is 11.4. The van der Waals surface area contributed by atoms with Gasteiger partial charge in [-0.25, -0.2) is 0 Å². The van der Waals surface area contributed by atoms with Gasteiger partial charge in [-0.15, -0.1) is 0 Å². The van der Waals surface area contributed by atoms with E-state index in [0.717, 1.165) is 5.56 Å². The van der Waals surface area contributed by atoms with Gasteiger partial charge < -0.3 is 10.1 Å². The molecule has 1 aromatic carbocycles. The Balaban J connectivity index is 1.90. The summed E-state index contributed by atoms with van der Waals surface area (Å²) in [6.45, 7) is 1.19. The molecule has 0 aliphatic carbocycles. The highest BCUT2D eigenvalue weighted by Gasteiger charge is 2.18. The van der Waals surface area contributed by atoms with Crippen LogP contribution >= 0.6 is 0 Å². The number of rotatable bonds is 3. The zero-order valence-corrected chi connectivity index (χ0v) is 9.22. The number of nitrogens with zero attached hydrogens (tertiary/aromatic N) is 1. The minimum atomic E-state index is -0.123. The van der Waals surface area contributed by atoms with E-state index in [4.69, 9.17) is 10.00 Å². The van der Waals surface area contributed by atoms with Crippen LogP contribution in [0.5, 0.6) is 0 Å². The fraction of sp³-hybridized carbons (Fsp3) is 0.231. The molecule has 86 valence electrons. The molecule has 1 N–H and O–H groups in total. The Hall–Kier alpha value is -2.12. The molecular weight excluding hydrogens is 216 g/mol. The van der Waals surface area contributed by atoms with Crippen molar-refractivity contribution in [2.45, 2.75) is 6.04 Å². The minimum absolute atomic E-state index is 0.123. The predicted octanol–water partition coefficient (Wildman–Crippen LogP) is 1.09. The lowest BCUT2D eigenvalue weighted by molar-refractivity contribution is -0.120. The summed E-state index contributed by atoms with van der Waals surface area (Å²) in [5.41, 5.74) is 1.50. The summed E-state index contributed by atoms with van der Waals surface area (Å²) in [6, 6.07) is 9.23. The summed E-state index contributed by atoms with van der Waals surface area (Å²) < 4.78 is 4.95. The molecule has 1 amide bonds. The maximum Gasteiger partial charge on any atom is 0.244 e. The van der Waals surface area contributed by atoms with Gasteiger partial charge in [0.2, 0.25) is 5.91 Å². The van der Waals surface area contributed by atoms with Crippen molar-refractivity contribution >= 4 is 12.0 Å². The van der Waals surface area contributed by atoms with Gasteiger partial charge in [0.25, 0.3) is 0 Å². The lowest BCUT2D eigenvalue weighted by atomic mass is 10.1. The fourth-order valence-corrected chi connectivity index (χ4v) is 1.41. The molecule has 0 bridgehead atoms. The second-order valence-electron chi connectivity index (χ2n) is 3.81. The molecule has 0 unspecified atom stereocenters. The zero-order chi connectivity index (χ0) is 12.1. The van der Waals surface area contributed by atoms with Gasteiger partial charge in [-0.05, 0) is 23.8 Å². The summed E-state index contributed by atoms with van der Waals surface area (Å²) in [5, 5.41) is 11.4. The number of nitrogens with one attached hydrogen (secondary N) is 1. The van der Waals surface area contributed by atoms with Crippen molar-refractivity contribution in [2.24, 2.45) is 0 Å². The summed E-state index contributed by atoms with van der Waals surface area (Å²) in [4.78, 5) is 11.4. The summed E-state index contributed by atoms with van der Waals surface area (Å²) in [6.07, 6.45) is 3.20. The average Bonchev–Trinajstić information content (AvgIpc) is 2.32. The van der Waals surface area contributed by atoms with Crippen molar-refractivity contribution < 1.29 is 9.53 Å². The summed E-state index contributed by atoms with van der Waals surface area (Å²) >= 11 is 0. The predicted molar refractivity (Wildman–Crippen MR) is 62.9 cm³/mol. The quantitative estimate of drug-likeness (QED) is 0.787. The molecule has 0 spiro atoms. The Morgan fingerprint density at radius 1 is 1.41 bits per heavy atom. The lowest BCUT2D eigenvalue weighted by Crippen LogP contribution is -2.48. The van der Waals surface area contributed by atoms with Gasteiger partial charge in [0, 0.05) is 6.08 Å². The highest BCUT2D eigenvalue weighted by molar-refractivity contribution is 5.91. The van der Waals surface area contributed by atoms with Crippen LogP contribution in [-0.4, -0.2) is 25.2 Å². The van der Waals surface area contributed by atoms with Gasteiger partial charge in [0.15, 0.2) is 0 Å². The van der Waals surface area contributed by atoms with Crippen LogP contribution in [0.15, 0.2) is 30.3 Å². The van der Waals surface area contributed by atoms with Gasteiger partial charge in [-0.3, -0.25) is 4.79 Å². The van der Waals surface area contributed by atoms with Crippen LogP contribution in [0.3, 0.4) is 0 Å². The number of amides is 1. The molecule has 17 heavy (non-hydrogen) atoms. The van der Waals surface area contributed by atoms with Crippen molar-refractivity contribution in [1.82, 2.24) is 5.32 Å². The first-order valence-corrected chi connectivity index (χ1v) is 5.34. The molecule has 0 atom stereocenters. The van der Waals surface area contributed by atoms with Crippen LogP contribution in [0.2, 0.25) is 0 Å². The topological polar surface area (TPSA) is 62.1 Å². The SMILES string of the molecule is N#Cc1ccc(C=CC(=O)NC2COC2)cc1. The van der Waals surface area contributed by atoms with Crippen LogP contribution in [0.4, 0.5) is 0 Å². The molecule has 1 aliphatic rings. The highest BCUT2D eigenvalue weighted by atomic mass is 16.5. The molecule has 4 nitrogen and oxygen atoms in total. The van der Waals surface area contributed by atoms with Gasteiger partial charge in [0.05, 0.1) is 30.9 Å². The minimum Gasteiger partial charge on any atom is -0.377 e. The monoisotopic (exact) mass is 228 g/mol. The third kappa shape index (κ3) is 3.16. The maximum atomic E-state index is 11.4. The molecule has 1 saturated heterocycles. The first-order valence-electron chi connectivity index (χ1n) is 5.34. The van der Waals surface area contributed by atoms with Crippen LogP contribution in [0.1, 0.15) is 11.1 Å². The third-order valence-corrected chi connectivity index (χ3v) is 2.45. The molecule has 0 radical (unpaired) electrons. The second kappa shape index (κ2) is 5.28. The summed E-state index contributed by atoms with van der Waals surface area (Å²) in [7, 11) is 0. The van der Waals surface area contributed by atoms with Crippen molar-refractivity contribution in [2.75, 3.05) is 13.2 Å². The van der Waals surface area contributed by atoms with E-state index in [9.17, 15) is 4.79 Å². The Kier molecular flexibility index (Phi) is 3.53. The van der Waals surface area contributed by atoms with Crippen molar-refractivity contribution in [1.29, 1.82) is 5.26 Å². The standard InChI is InChI=1S/C13H12N2O2/c14-7-11-3-1-10(2-4-11)5-6-13(16)15-12-8-17-9-12/h1-6,12H,8-9H2,(H,15,16). The number of carbonyl (C=O) groups is 1. The number of nitriles is 1. The van der Waals surface area contributed by atoms with Gasteiger partial charge in [0.1, 0.15) is 0 Å². The van der Waals surface area contributed by atoms with Gasteiger partial charge >= 0.3 is 0 Å². The molecule has 1 heterocycles. The van der Waals surface area contributed by atoms with Crippen LogP contribution in [0.25, 0.3) is 6.08 Å². The molecule has 4 heteroatoms. The number of benzene rings is 1. The Morgan fingerprint density at radius 3 is 2.65 bits per heavy atom. The van der Waals surface area contributed by atoms with E-state index in [2.05, 4.69) is 5.32 Å². The second-order valence-corrected chi connectivity index (χ2v) is 3.81. The van der Waals surface area contributed by atoms with Gasteiger partial charge in [-0.1, -0.05) is 12.1 Å². The molecule has 0 aromatic heterocycles. The molecule has 1 aromatic rings. The van der Waals surface area contributed by atoms with Crippen molar-refractivity contribution in [3.63, 3.8) is 0 Å². The zero-order valence-electron chi connectivity index (χ0n) is 9.22. The first kappa shape index (κ1) is 11.4. The number of hydrogen-bond acceptors (Lipinski definition) is 3. The van der Waals surface area contributed by atoms with E-state index in [-0.39, 0.29) is 11.9 Å². The number of ether oxygens (including phenoxy) is 1. The van der Waals surface area contributed by atoms with E-state index in [0.29, 0.717) is 18.8 Å². The average molecular weight is 228 g/mol. The van der Waals surface area contributed by atoms with Crippen molar-refractivity contribution in [3.05, 3.63) is 41.5 Å². The fourth-order valence-electron chi connectivity index (χ4n) is 1.41. The van der Waals surface area contributed by atoms with E-state index >= 15 is 0 Å². The van der Waals surface area contributed by atoms with Crippen LogP contribution < -0.4 is 5.32 Å². The molecule has 0 saturated carbocycles. The summed E-state index contributed by atoms with van der Waals surface area (Å²) in [5.74, 6) is -0.123. The van der Waals surface area contributed by atoms with Crippen molar-refractivity contribution in [3.8, 4) is 6.07 Å². The molecule has 1 fully saturated rings. The van der Waals surface area contributed by atoms with Gasteiger partial charge in [-0.2, -0.15) is 5.26 Å². The third-order valence-electron chi connectivity index (χ3n) is 2.45. The Morgan fingerprint density at radius 2 is 2.12 bits per heavy atom. The lowest BCUT2D eigenvalue weighted by Gasteiger charge is -2.26. The first-order chi connectivity index (χ1) is 8.28. The van der Waals surface area contributed by atoms with E-state index < -0.39 is 0 Å². The Bertz CT molecular complexity index is 467. The molecule has 2 rings (SSSR count). The number of carbonyl (C=O) groups excluding carboxylic acids is 1. The van der Waals surface area contributed by atoms with Crippen LogP contribution in [0, 0.1) is 11.3 Å². The largest absolute Gasteiger partial charge is 0.377 e. The van der Waals surface area contributed by atoms with E-state index in [1.165, 1.54) is 6.08 Å². The smallest absolute Gasteiger partial charge is 0.244 e. The Labute approximate surface area is 99.5 Å². The van der Waals surface area contributed by atoms with Crippen LogP contribution in [-0.2, 0) is 9.53 Å². The molecular formula is C13H12N2O2. The highest BCUT2D eigenvalue weighted by Crippen LogP contribution is 2.05.